The number of phenols is 1. The highest BCUT2D eigenvalue weighted by Gasteiger charge is 2.24. The fourth-order valence-corrected chi connectivity index (χ4v) is 3.43. The summed E-state index contributed by atoms with van der Waals surface area (Å²) in [5.74, 6) is 0.934. The van der Waals surface area contributed by atoms with Crippen molar-refractivity contribution >= 4 is 5.91 Å². The number of amides is 1. The third kappa shape index (κ3) is 4.96. The molecule has 128 valence electrons. The van der Waals surface area contributed by atoms with E-state index in [0.717, 1.165) is 18.4 Å². The Kier molecular flexibility index (Phi) is 6.46. The van der Waals surface area contributed by atoms with Crippen LogP contribution in [0.15, 0.2) is 24.3 Å². The molecule has 0 unspecified atom stereocenters. The smallest absolute Gasteiger partial charge is 0.249 e. The Balaban J connectivity index is 1.92. The third-order valence-corrected chi connectivity index (χ3v) is 4.81. The number of phenolic OH excluding ortho intramolecular Hbond substituents is 1. The molecule has 2 rings (SSSR count). The monoisotopic (exact) mass is 319 g/mol. The summed E-state index contributed by atoms with van der Waals surface area (Å²) in [4.78, 5) is 14.3. The third-order valence-electron chi connectivity index (χ3n) is 4.81. The van der Waals surface area contributed by atoms with Crippen LogP contribution < -0.4 is 0 Å². The van der Waals surface area contributed by atoms with Crippen molar-refractivity contribution in [2.24, 2.45) is 5.92 Å². The summed E-state index contributed by atoms with van der Waals surface area (Å²) in [6.45, 7) is 6.98. The molecule has 23 heavy (non-hydrogen) atoms. The van der Waals surface area contributed by atoms with Crippen LogP contribution in [0.4, 0.5) is 0 Å². The van der Waals surface area contributed by atoms with Crippen LogP contribution in [0.25, 0.3) is 0 Å². The Labute approximate surface area is 139 Å². The van der Waals surface area contributed by atoms with E-state index >= 15 is 0 Å². The van der Waals surface area contributed by atoms with Gasteiger partial charge in [-0.25, -0.2) is 0 Å². The highest BCUT2D eigenvalue weighted by Crippen LogP contribution is 2.26. The minimum absolute atomic E-state index is 0.0153. The average Bonchev–Trinajstić information content (AvgIpc) is 2.53. The molecule has 1 aliphatic rings. The minimum Gasteiger partial charge on any atom is -0.508 e. The van der Waals surface area contributed by atoms with E-state index in [1.807, 2.05) is 19.9 Å². The largest absolute Gasteiger partial charge is 0.508 e. The Morgan fingerprint density at radius 3 is 2.87 bits per heavy atom. The number of hydrogen-bond acceptors (Lipinski definition) is 3. The number of ether oxygens (including phenoxy) is 1. The molecule has 0 bridgehead atoms. The minimum atomic E-state index is -0.0755. The van der Waals surface area contributed by atoms with Gasteiger partial charge < -0.3 is 14.7 Å². The van der Waals surface area contributed by atoms with Gasteiger partial charge in [-0.3, -0.25) is 4.79 Å². The molecule has 1 N–H and O–H groups in total. The van der Waals surface area contributed by atoms with Crippen LogP contribution in [0.1, 0.15) is 58.1 Å². The number of rotatable bonds is 6. The van der Waals surface area contributed by atoms with Gasteiger partial charge in [0.15, 0.2) is 0 Å². The molecule has 1 aromatic rings. The Bertz CT molecular complexity index is 517. The summed E-state index contributed by atoms with van der Waals surface area (Å²) in [7, 11) is 0. The fraction of sp³-hybridized carbons (Fsp3) is 0.632. The molecular formula is C19H29NO3. The molecule has 3 atom stereocenters. The van der Waals surface area contributed by atoms with E-state index < -0.39 is 0 Å². The number of likely N-dealkylation sites (N-methyl/N-ethyl adjacent to an activating group) is 1. The molecule has 1 saturated carbocycles. The van der Waals surface area contributed by atoms with Gasteiger partial charge in [-0.15, -0.1) is 0 Å². The standard InChI is InChI=1S/C19H29NO3/c1-4-20(15(3)16-8-6-9-17(21)12-16)19(22)13-23-18-10-5-7-14(2)11-18/h6,8-9,12,14-15,18,21H,4-5,7,10-11,13H2,1-3H3/t14-,15-,18+/m0/s1. The molecule has 0 saturated heterocycles. The SMILES string of the molecule is CCN(C(=O)CO[C@@H]1CCC[C@H](C)C1)[C@@H](C)c1cccc(O)c1. The molecule has 0 aliphatic heterocycles. The van der Waals surface area contributed by atoms with Crippen molar-refractivity contribution in [3.8, 4) is 5.75 Å². The quantitative estimate of drug-likeness (QED) is 0.865. The van der Waals surface area contributed by atoms with E-state index in [1.54, 1.807) is 23.1 Å². The average molecular weight is 319 g/mol. The summed E-state index contributed by atoms with van der Waals surface area (Å²) in [5, 5.41) is 9.63. The van der Waals surface area contributed by atoms with Crippen molar-refractivity contribution in [3.63, 3.8) is 0 Å². The van der Waals surface area contributed by atoms with Gasteiger partial charge in [-0.2, -0.15) is 0 Å². The van der Waals surface area contributed by atoms with Gasteiger partial charge in [0, 0.05) is 6.54 Å². The van der Waals surface area contributed by atoms with Crippen molar-refractivity contribution in [2.75, 3.05) is 13.2 Å². The predicted octanol–water partition coefficient (Wildman–Crippen LogP) is 3.90. The molecule has 1 aliphatic carbocycles. The lowest BCUT2D eigenvalue weighted by Crippen LogP contribution is -2.37. The van der Waals surface area contributed by atoms with E-state index in [1.165, 1.54) is 12.8 Å². The zero-order chi connectivity index (χ0) is 16.8. The molecule has 0 spiro atoms. The number of hydrogen-bond donors (Lipinski definition) is 1. The number of nitrogens with zero attached hydrogens (tertiary/aromatic N) is 1. The summed E-state index contributed by atoms with van der Waals surface area (Å²) < 4.78 is 5.87. The van der Waals surface area contributed by atoms with Crippen LogP contribution in [0.5, 0.6) is 5.75 Å². The number of aromatic hydroxyl groups is 1. The van der Waals surface area contributed by atoms with Crippen LogP contribution in [-0.2, 0) is 9.53 Å². The molecule has 1 aromatic carbocycles. The Morgan fingerprint density at radius 2 is 2.22 bits per heavy atom. The van der Waals surface area contributed by atoms with Gasteiger partial charge in [0.25, 0.3) is 0 Å². The molecule has 1 fully saturated rings. The van der Waals surface area contributed by atoms with Gasteiger partial charge in [-0.1, -0.05) is 31.9 Å². The first-order valence-electron chi connectivity index (χ1n) is 8.71. The molecule has 4 heteroatoms. The Morgan fingerprint density at radius 1 is 1.43 bits per heavy atom. The lowest BCUT2D eigenvalue weighted by Gasteiger charge is -2.31. The lowest BCUT2D eigenvalue weighted by molar-refractivity contribution is -0.141. The lowest BCUT2D eigenvalue weighted by atomic mass is 9.89. The van der Waals surface area contributed by atoms with Gasteiger partial charge in [0.05, 0.1) is 12.1 Å². The van der Waals surface area contributed by atoms with E-state index in [0.29, 0.717) is 12.5 Å². The maximum atomic E-state index is 12.5. The highest BCUT2D eigenvalue weighted by atomic mass is 16.5. The second kappa shape index (κ2) is 8.34. The van der Waals surface area contributed by atoms with E-state index in [-0.39, 0.29) is 30.4 Å². The second-order valence-corrected chi connectivity index (χ2v) is 6.66. The summed E-state index contributed by atoms with van der Waals surface area (Å²) in [6.07, 6.45) is 4.80. The normalized spacial score (nSPS) is 22.6. The first-order chi connectivity index (χ1) is 11.0. The number of carbonyl (C=O) groups excluding carboxylic acids is 1. The van der Waals surface area contributed by atoms with Crippen LogP contribution >= 0.6 is 0 Å². The molecular weight excluding hydrogens is 290 g/mol. The molecule has 0 radical (unpaired) electrons. The maximum Gasteiger partial charge on any atom is 0.249 e. The molecule has 4 nitrogen and oxygen atoms in total. The zero-order valence-electron chi connectivity index (χ0n) is 14.5. The number of carbonyl (C=O) groups is 1. The zero-order valence-corrected chi connectivity index (χ0v) is 14.5. The van der Waals surface area contributed by atoms with Crippen LogP contribution in [0, 0.1) is 5.92 Å². The van der Waals surface area contributed by atoms with Crippen molar-refractivity contribution < 1.29 is 14.6 Å². The van der Waals surface area contributed by atoms with Crippen molar-refractivity contribution in [1.82, 2.24) is 4.90 Å². The molecule has 0 heterocycles. The van der Waals surface area contributed by atoms with Gasteiger partial charge in [0.1, 0.15) is 12.4 Å². The second-order valence-electron chi connectivity index (χ2n) is 6.66. The van der Waals surface area contributed by atoms with E-state index in [2.05, 4.69) is 6.92 Å². The first kappa shape index (κ1) is 17.8. The van der Waals surface area contributed by atoms with Gasteiger partial charge in [-0.05, 0) is 50.3 Å². The van der Waals surface area contributed by atoms with Crippen LogP contribution in [0.3, 0.4) is 0 Å². The van der Waals surface area contributed by atoms with E-state index in [9.17, 15) is 9.90 Å². The van der Waals surface area contributed by atoms with Crippen molar-refractivity contribution in [1.29, 1.82) is 0 Å². The van der Waals surface area contributed by atoms with Crippen LogP contribution in [-0.4, -0.2) is 35.2 Å². The molecule has 1 amide bonds. The van der Waals surface area contributed by atoms with Gasteiger partial charge >= 0.3 is 0 Å². The Hall–Kier alpha value is -1.55. The summed E-state index contributed by atoms with van der Waals surface area (Å²) >= 11 is 0. The number of benzene rings is 1. The van der Waals surface area contributed by atoms with Crippen LogP contribution in [0.2, 0.25) is 0 Å². The fourth-order valence-electron chi connectivity index (χ4n) is 3.43. The van der Waals surface area contributed by atoms with Gasteiger partial charge in [0.2, 0.25) is 5.91 Å². The predicted molar refractivity (Wildman–Crippen MR) is 91.3 cm³/mol. The summed E-state index contributed by atoms with van der Waals surface area (Å²) in [5.41, 5.74) is 0.937. The molecule has 0 aromatic heterocycles. The van der Waals surface area contributed by atoms with Crippen molar-refractivity contribution in [2.45, 2.75) is 58.6 Å². The highest BCUT2D eigenvalue weighted by molar-refractivity contribution is 5.78. The van der Waals surface area contributed by atoms with Crippen molar-refractivity contribution in [3.05, 3.63) is 29.8 Å². The van der Waals surface area contributed by atoms with E-state index in [4.69, 9.17) is 4.74 Å². The first-order valence-corrected chi connectivity index (χ1v) is 8.71. The maximum absolute atomic E-state index is 12.5. The topological polar surface area (TPSA) is 49.8 Å². The summed E-state index contributed by atoms with van der Waals surface area (Å²) in [6, 6.07) is 7.02.